The summed E-state index contributed by atoms with van der Waals surface area (Å²) in [5, 5.41) is 1.59. The molecule has 1 heterocycles. The zero-order valence-electron chi connectivity index (χ0n) is 10.1. The Balaban J connectivity index is 2.83. The minimum absolute atomic E-state index is 0.125. The first kappa shape index (κ1) is 13.4. The maximum atomic E-state index is 11.9. The van der Waals surface area contributed by atoms with E-state index in [1.54, 1.807) is 24.5 Å². The average molecular weight is 252 g/mol. The van der Waals surface area contributed by atoms with Crippen LogP contribution in [0.3, 0.4) is 0 Å². The van der Waals surface area contributed by atoms with E-state index < -0.39 is 0 Å². The van der Waals surface area contributed by atoms with E-state index in [2.05, 4.69) is 10.4 Å². The van der Waals surface area contributed by atoms with Crippen molar-refractivity contribution in [1.29, 1.82) is 0 Å². The van der Waals surface area contributed by atoms with Crippen LogP contribution in [0.4, 0.5) is 0 Å². The molecule has 1 aromatic rings. The highest BCUT2D eigenvalue weighted by Crippen LogP contribution is 2.10. The zero-order chi connectivity index (χ0) is 13.1. The van der Waals surface area contributed by atoms with Gasteiger partial charge in [-0.05, 0) is 45.1 Å². The minimum atomic E-state index is -0.380. The molecule has 1 aromatic heterocycles. The van der Waals surface area contributed by atoms with Crippen LogP contribution in [0.1, 0.15) is 31.1 Å². The third-order valence-corrected chi connectivity index (χ3v) is 2.23. The number of nitrogens with two attached hydrogens (primary N) is 1. The van der Waals surface area contributed by atoms with Crippen molar-refractivity contribution < 1.29 is 4.79 Å². The maximum Gasteiger partial charge on any atom is 0.269 e. The lowest BCUT2D eigenvalue weighted by Gasteiger charge is -2.35. The summed E-state index contributed by atoms with van der Waals surface area (Å²) in [7, 11) is 0. The van der Waals surface area contributed by atoms with Crippen LogP contribution in [0.15, 0.2) is 24.5 Å². The summed E-state index contributed by atoms with van der Waals surface area (Å²) in [4.78, 5) is 15.8. The molecule has 0 saturated carbocycles. The molecule has 0 fully saturated rings. The first-order chi connectivity index (χ1) is 7.82. The molecule has 1 rings (SSSR count). The average Bonchev–Trinajstić information content (AvgIpc) is 2.24. The molecule has 0 aliphatic rings. The molecule has 0 aliphatic heterocycles. The van der Waals surface area contributed by atoms with Crippen molar-refractivity contribution in [3.63, 3.8) is 0 Å². The number of hydrazine groups is 1. The van der Waals surface area contributed by atoms with Gasteiger partial charge in [0.1, 0.15) is 0 Å². The zero-order valence-corrected chi connectivity index (χ0v) is 10.9. The largest absolute Gasteiger partial charge is 0.375 e. The van der Waals surface area contributed by atoms with E-state index in [9.17, 15) is 4.79 Å². The molecule has 0 atom stereocenters. The van der Waals surface area contributed by atoms with E-state index in [1.807, 2.05) is 20.8 Å². The van der Waals surface area contributed by atoms with Crippen LogP contribution < -0.4 is 11.2 Å². The quantitative estimate of drug-likeness (QED) is 0.578. The number of hydrogen-bond donors (Lipinski definition) is 2. The first-order valence-electron chi connectivity index (χ1n) is 5.13. The van der Waals surface area contributed by atoms with Gasteiger partial charge < -0.3 is 5.73 Å². The fraction of sp³-hybridized carbons (Fsp3) is 0.364. The number of pyridine rings is 1. The molecule has 0 spiro atoms. The second kappa shape index (κ2) is 5.09. The van der Waals surface area contributed by atoms with Gasteiger partial charge >= 0.3 is 0 Å². The van der Waals surface area contributed by atoms with E-state index in [1.165, 1.54) is 5.01 Å². The highest BCUT2D eigenvalue weighted by Gasteiger charge is 2.24. The standard InChI is InChI=1S/C11H16N4OS/c1-11(2,3)15(10(12)17)14-9(16)8-4-6-13-7-5-8/h4-7H,1-3H3,(H2,12,17)(H,14,16). The Morgan fingerprint density at radius 2 is 1.94 bits per heavy atom. The van der Waals surface area contributed by atoms with Crippen molar-refractivity contribution in [2.75, 3.05) is 0 Å². The SMILES string of the molecule is CC(C)(C)N(NC(=O)c1ccncc1)C(N)=S. The molecular formula is C11H16N4OS. The van der Waals surface area contributed by atoms with Crippen LogP contribution in [0.5, 0.6) is 0 Å². The highest BCUT2D eigenvalue weighted by molar-refractivity contribution is 7.80. The van der Waals surface area contributed by atoms with Gasteiger partial charge in [0.05, 0.1) is 5.54 Å². The monoisotopic (exact) mass is 252 g/mol. The number of carbonyl (C=O) groups excluding carboxylic acids is 1. The van der Waals surface area contributed by atoms with E-state index in [-0.39, 0.29) is 16.6 Å². The lowest BCUT2D eigenvalue weighted by Crippen LogP contribution is -2.57. The van der Waals surface area contributed by atoms with Crippen LogP contribution in [0.25, 0.3) is 0 Å². The topological polar surface area (TPSA) is 71.2 Å². The third-order valence-electron chi connectivity index (χ3n) is 2.05. The van der Waals surface area contributed by atoms with Crippen molar-refractivity contribution in [2.45, 2.75) is 26.3 Å². The van der Waals surface area contributed by atoms with Crippen LogP contribution in [0.2, 0.25) is 0 Å². The molecule has 92 valence electrons. The second-order valence-electron chi connectivity index (χ2n) is 4.52. The van der Waals surface area contributed by atoms with Crippen LogP contribution >= 0.6 is 12.2 Å². The number of carbonyl (C=O) groups is 1. The molecule has 6 heteroatoms. The summed E-state index contributed by atoms with van der Waals surface area (Å²) >= 11 is 4.91. The van der Waals surface area contributed by atoms with E-state index in [0.717, 1.165) is 0 Å². The molecule has 0 aromatic carbocycles. The summed E-state index contributed by atoms with van der Waals surface area (Å²) in [5.41, 5.74) is 8.38. The van der Waals surface area contributed by atoms with Crippen molar-refractivity contribution in [3.05, 3.63) is 30.1 Å². The number of rotatable bonds is 1. The van der Waals surface area contributed by atoms with Gasteiger partial charge in [0.15, 0.2) is 5.11 Å². The highest BCUT2D eigenvalue weighted by atomic mass is 32.1. The lowest BCUT2D eigenvalue weighted by molar-refractivity contribution is 0.0776. The van der Waals surface area contributed by atoms with Crippen molar-refractivity contribution in [2.24, 2.45) is 5.73 Å². The summed E-state index contributed by atoms with van der Waals surface area (Å²) in [5.74, 6) is -0.268. The first-order valence-corrected chi connectivity index (χ1v) is 5.54. The summed E-state index contributed by atoms with van der Waals surface area (Å²) in [6.07, 6.45) is 3.11. The van der Waals surface area contributed by atoms with Crippen LogP contribution in [-0.2, 0) is 0 Å². The Morgan fingerprint density at radius 1 is 1.41 bits per heavy atom. The molecule has 0 bridgehead atoms. The molecule has 5 nitrogen and oxygen atoms in total. The number of nitrogens with zero attached hydrogens (tertiary/aromatic N) is 2. The molecule has 1 amide bonds. The Morgan fingerprint density at radius 3 is 2.35 bits per heavy atom. The van der Waals surface area contributed by atoms with Gasteiger partial charge in [0.25, 0.3) is 5.91 Å². The van der Waals surface area contributed by atoms with Gasteiger partial charge in [-0.25, -0.2) is 0 Å². The second-order valence-corrected chi connectivity index (χ2v) is 4.94. The predicted octanol–water partition coefficient (Wildman–Crippen LogP) is 1.07. The Hall–Kier alpha value is -1.69. The molecule has 0 unspecified atom stereocenters. The number of hydrogen-bond acceptors (Lipinski definition) is 3. The molecule has 0 aliphatic carbocycles. The molecule has 3 N–H and O–H groups in total. The Bertz CT molecular complexity index is 413. The number of amides is 1. The van der Waals surface area contributed by atoms with Crippen molar-refractivity contribution in [1.82, 2.24) is 15.4 Å². The van der Waals surface area contributed by atoms with Crippen molar-refractivity contribution in [3.8, 4) is 0 Å². The summed E-state index contributed by atoms with van der Waals surface area (Å²) in [6.45, 7) is 5.71. The fourth-order valence-corrected chi connectivity index (χ4v) is 1.54. The number of thiocarbonyl (C=S) groups is 1. The molecule has 17 heavy (non-hydrogen) atoms. The third kappa shape index (κ3) is 3.67. The van der Waals surface area contributed by atoms with Gasteiger partial charge in [0, 0.05) is 18.0 Å². The number of nitrogens with one attached hydrogen (secondary N) is 1. The minimum Gasteiger partial charge on any atom is -0.375 e. The van der Waals surface area contributed by atoms with Crippen molar-refractivity contribution >= 4 is 23.2 Å². The lowest BCUT2D eigenvalue weighted by atomic mass is 10.1. The Labute approximate surface area is 106 Å². The van der Waals surface area contributed by atoms with Crippen LogP contribution in [-0.4, -0.2) is 26.6 Å². The van der Waals surface area contributed by atoms with E-state index >= 15 is 0 Å². The van der Waals surface area contributed by atoms with E-state index in [4.69, 9.17) is 18.0 Å². The predicted molar refractivity (Wildman–Crippen MR) is 70.1 cm³/mol. The Kier molecular flexibility index (Phi) is 4.01. The van der Waals surface area contributed by atoms with E-state index in [0.29, 0.717) is 5.56 Å². The summed E-state index contributed by atoms with van der Waals surface area (Å²) < 4.78 is 0. The molecule has 0 radical (unpaired) electrons. The maximum absolute atomic E-state index is 11.9. The smallest absolute Gasteiger partial charge is 0.269 e. The molecule has 0 saturated heterocycles. The van der Waals surface area contributed by atoms with Gasteiger partial charge in [0.2, 0.25) is 0 Å². The summed E-state index contributed by atoms with van der Waals surface area (Å²) in [6, 6.07) is 3.24. The molecular weight excluding hydrogens is 236 g/mol. The van der Waals surface area contributed by atoms with Gasteiger partial charge in [-0.3, -0.25) is 20.2 Å². The van der Waals surface area contributed by atoms with Gasteiger partial charge in [-0.2, -0.15) is 0 Å². The van der Waals surface area contributed by atoms with Gasteiger partial charge in [-0.15, -0.1) is 0 Å². The fourth-order valence-electron chi connectivity index (χ4n) is 1.22. The van der Waals surface area contributed by atoms with Crippen LogP contribution in [0, 0.1) is 0 Å². The normalized spacial score (nSPS) is 10.8. The van der Waals surface area contributed by atoms with Gasteiger partial charge in [-0.1, -0.05) is 0 Å². The number of aromatic nitrogens is 1.